The quantitative estimate of drug-likeness (QED) is 0.645. The molecule has 0 aliphatic heterocycles. The summed E-state index contributed by atoms with van der Waals surface area (Å²) in [6, 6.07) is 12.9. The van der Waals surface area contributed by atoms with Crippen LogP contribution in [0.5, 0.6) is 0 Å². The molecule has 1 N–H and O–H groups in total. The zero-order valence-electron chi connectivity index (χ0n) is 15.6. The monoisotopic (exact) mass is 350 g/mol. The van der Waals surface area contributed by atoms with E-state index in [0.29, 0.717) is 24.2 Å². The Bertz CT molecular complexity index is 796. The van der Waals surface area contributed by atoms with Gasteiger partial charge in [0, 0.05) is 24.0 Å². The van der Waals surface area contributed by atoms with E-state index in [2.05, 4.69) is 65.5 Å². The fourth-order valence-electron chi connectivity index (χ4n) is 3.05. The summed E-state index contributed by atoms with van der Waals surface area (Å²) in [5.41, 5.74) is 3.53. The average molecular weight is 350 g/mol. The highest BCUT2D eigenvalue weighted by molar-refractivity contribution is 5.51. The maximum absolute atomic E-state index is 5.38. The average Bonchev–Trinajstić information content (AvgIpc) is 3.13. The van der Waals surface area contributed by atoms with Crippen molar-refractivity contribution in [3.8, 4) is 11.4 Å². The molecule has 0 saturated carbocycles. The standard InChI is InChI=1S/C21H26N4O/c1-4-6-16-8-10-17(11-9-16)20(15(2)3)23-14-19-24-21(25-26-19)18-7-5-12-22-13-18/h5,7-13,15,20,23H,4,6,14H2,1-3H3. The minimum atomic E-state index is 0.236. The molecule has 1 atom stereocenters. The highest BCUT2D eigenvalue weighted by Gasteiger charge is 2.17. The first-order valence-corrected chi connectivity index (χ1v) is 9.22. The lowest BCUT2D eigenvalue weighted by molar-refractivity contribution is 0.337. The second kappa shape index (κ2) is 8.72. The van der Waals surface area contributed by atoms with Gasteiger partial charge in [-0.15, -0.1) is 0 Å². The number of nitrogens with zero attached hydrogens (tertiary/aromatic N) is 3. The van der Waals surface area contributed by atoms with Crippen LogP contribution in [-0.2, 0) is 13.0 Å². The maximum atomic E-state index is 5.38. The van der Waals surface area contributed by atoms with Crippen molar-refractivity contribution < 1.29 is 4.52 Å². The highest BCUT2D eigenvalue weighted by Crippen LogP contribution is 2.23. The van der Waals surface area contributed by atoms with Crippen molar-refractivity contribution in [2.45, 2.75) is 46.2 Å². The molecule has 26 heavy (non-hydrogen) atoms. The molecule has 1 aromatic carbocycles. The van der Waals surface area contributed by atoms with E-state index in [4.69, 9.17) is 4.52 Å². The second-order valence-corrected chi connectivity index (χ2v) is 6.85. The van der Waals surface area contributed by atoms with Crippen LogP contribution in [0.3, 0.4) is 0 Å². The molecule has 0 saturated heterocycles. The number of nitrogens with one attached hydrogen (secondary N) is 1. The van der Waals surface area contributed by atoms with Gasteiger partial charge in [-0.05, 0) is 35.6 Å². The molecule has 0 amide bonds. The molecule has 2 heterocycles. The molecule has 5 nitrogen and oxygen atoms in total. The molecule has 0 radical (unpaired) electrons. The third-order valence-corrected chi connectivity index (χ3v) is 4.41. The van der Waals surface area contributed by atoms with Crippen LogP contribution in [0.1, 0.15) is 50.3 Å². The second-order valence-electron chi connectivity index (χ2n) is 6.85. The van der Waals surface area contributed by atoms with E-state index in [1.54, 1.807) is 12.4 Å². The van der Waals surface area contributed by atoms with Crippen molar-refractivity contribution in [3.63, 3.8) is 0 Å². The van der Waals surface area contributed by atoms with Crippen LogP contribution < -0.4 is 5.32 Å². The third-order valence-electron chi connectivity index (χ3n) is 4.41. The lowest BCUT2D eigenvalue weighted by atomic mass is 9.94. The fraction of sp³-hybridized carbons (Fsp3) is 0.381. The molecule has 0 bridgehead atoms. The van der Waals surface area contributed by atoms with E-state index >= 15 is 0 Å². The van der Waals surface area contributed by atoms with Crippen LogP contribution in [0.2, 0.25) is 0 Å². The summed E-state index contributed by atoms with van der Waals surface area (Å²) in [7, 11) is 0. The van der Waals surface area contributed by atoms with Crippen LogP contribution in [0, 0.1) is 5.92 Å². The van der Waals surface area contributed by atoms with Crippen molar-refractivity contribution in [2.75, 3.05) is 0 Å². The van der Waals surface area contributed by atoms with Gasteiger partial charge < -0.3 is 9.84 Å². The first kappa shape index (κ1) is 18.3. The van der Waals surface area contributed by atoms with Crippen molar-refractivity contribution >= 4 is 0 Å². The zero-order chi connectivity index (χ0) is 18.4. The Labute approximate surface area is 154 Å². The molecule has 136 valence electrons. The van der Waals surface area contributed by atoms with Crippen LogP contribution in [0.15, 0.2) is 53.3 Å². The molecule has 3 rings (SSSR count). The first-order valence-electron chi connectivity index (χ1n) is 9.22. The Hall–Kier alpha value is -2.53. The number of pyridine rings is 1. The van der Waals surface area contributed by atoms with Gasteiger partial charge in [0.25, 0.3) is 0 Å². The molecule has 5 heteroatoms. The summed E-state index contributed by atoms with van der Waals surface area (Å²) in [6.07, 6.45) is 5.75. The topological polar surface area (TPSA) is 63.8 Å². The van der Waals surface area contributed by atoms with Crippen molar-refractivity contribution in [2.24, 2.45) is 5.92 Å². The molecule has 1 unspecified atom stereocenters. The van der Waals surface area contributed by atoms with Gasteiger partial charge in [-0.2, -0.15) is 4.98 Å². The predicted molar refractivity (Wildman–Crippen MR) is 102 cm³/mol. The van der Waals surface area contributed by atoms with E-state index in [0.717, 1.165) is 12.0 Å². The lowest BCUT2D eigenvalue weighted by Gasteiger charge is -2.22. The van der Waals surface area contributed by atoms with E-state index in [9.17, 15) is 0 Å². The van der Waals surface area contributed by atoms with Gasteiger partial charge in [0.1, 0.15) is 0 Å². The predicted octanol–water partition coefficient (Wildman–Crippen LogP) is 4.57. The first-order chi connectivity index (χ1) is 12.7. The smallest absolute Gasteiger partial charge is 0.240 e. The summed E-state index contributed by atoms with van der Waals surface area (Å²) in [5, 5.41) is 7.60. The Kier molecular flexibility index (Phi) is 6.12. The number of aromatic nitrogens is 3. The summed E-state index contributed by atoms with van der Waals surface area (Å²) in [4.78, 5) is 8.55. The Balaban J connectivity index is 1.67. The summed E-state index contributed by atoms with van der Waals surface area (Å²) >= 11 is 0. The summed E-state index contributed by atoms with van der Waals surface area (Å²) in [5.74, 6) is 1.60. The third kappa shape index (κ3) is 4.55. The van der Waals surface area contributed by atoms with E-state index < -0.39 is 0 Å². The Morgan fingerprint density at radius 2 is 1.92 bits per heavy atom. The molecule has 2 aromatic heterocycles. The van der Waals surface area contributed by atoms with Gasteiger partial charge in [-0.25, -0.2) is 0 Å². The van der Waals surface area contributed by atoms with Crippen LogP contribution in [0.25, 0.3) is 11.4 Å². The van der Waals surface area contributed by atoms with Crippen LogP contribution in [0.4, 0.5) is 0 Å². The molecule has 0 fully saturated rings. The number of rotatable bonds is 8. The van der Waals surface area contributed by atoms with Crippen LogP contribution >= 0.6 is 0 Å². The molecule has 0 aliphatic rings. The van der Waals surface area contributed by atoms with Gasteiger partial charge in [0.05, 0.1) is 6.54 Å². The number of hydrogen-bond acceptors (Lipinski definition) is 5. The normalized spacial score (nSPS) is 12.5. The van der Waals surface area contributed by atoms with E-state index in [1.807, 2.05) is 12.1 Å². The van der Waals surface area contributed by atoms with Gasteiger partial charge in [-0.1, -0.05) is 56.6 Å². The minimum Gasteiger partial charge on any atom is -0.338 e. The largest absolute Gasteiger partial charge is 0.338 e. The Morgan fingerprint density at radius 1 is 1.12 bits per heavy atom. The van der Waals surface area contributed by atoms with Gasteiger partial charge in [-0.3, -0.25) is 4.98 Å². The number of hydrogen-bond donors (Lipinski definition) is 1. The van der Waals surface area contributed by atoms with Crippen molar-refractivity contribution in [3.05, 3.63) is 65.8 Å². The van der Waals surface area contributed by atoms with Crippen LogP contribution in [-0.4, -0.2) is 15.1 Å². The van der Waals surface area contributed by atoms with E-state index in [1.165, 1.54) is 17.5 Å². The number of aryl methyl sites for hydroxylation is 1. The molecule has 0 aliphatic carbocycles. The molecular formula is C21H26N4O. The molecular weight excluding hydrogens is 324 g/mol. The lowest BCUT2D eigenvalue weighted by Crippen LogP contribution is -2.25. The highest BCUT2D eigenvalue weighted by atomic mass is 16.5. The zero-order valence-corrected chi connectivity index (χ0v) is 15.6. The van der Waals surface area contributed by atoms with Gasteiger partial charge in [0.2, 0.25) is 11.7 Å². The maximum Gasteiger partial charge on any atom is 0.240 e. The van der Waals surface area contributed by atoms with Crippen molar-refractivity contribution in [1.29, 1.82) is 0 Å². The van der Waals surface area contributed by atoms with E-state index in [-0.39, 0.29) is 6.04 Å². The molecule has 0 spiro atoms. The Morgan fingerprint density at radius 3 is 2.58 bits per heavy atom. The van der Waals surface area contributed by atoms with Crippen molar-refractivity contribution in [1.82, 2.24) is 20.4 Å². The van der Waals surface area contributed by atoms with Gasteiger partial charge >= 0.3 is 0 Å². The summed E-state index contributed by atoms with van der Waals surface area (Å²) in [6.45, 7) is 7.17. The fourth-order valence-corrected chi connectivity index (χ4v) is 3.05. The van der Waals surface area contributed by atoms with Gasteiger partial charge in [0.15, 0.2) is 0 Å². The summed E-state index contributed by atoms with van der Waals surface area (Å²) < 4.78 is 5.38. The molecule has 3 aromatic rings. The number of benzene rings is 1. The SMILES string of the molecule is CCCc1ccc(C(NCc2nc(-c3cccnc3)no2)C(C)C)cc1. The minimum absolute atomic E-state index is 0.236.